The summed E-state index contributed by atoms with van der Waals surface area (Å²) in [5, 5.41) is 0. The quantitative estimate of drug-likeness (QED) is 0.224. The van der Waals surface area contributed by atoms with Crippen LogP contribution in [0.5, 0.6) is 0 Å². The number of ketones is 1. The van der Waals surface area contributed by atoms with E-state index in [1.807, 2.05) is 36.0 Å². The van der Waals surface area contributed by atoms with Crippen LogP contribution in [0.25, 0.3) is 0 Å². The van der Waals surface area contributed by atoms with Gasteiger partial charge in [0.2, 0.25) is 8.32 Å². The van der Waals surface area contributed by atoms with E-state index in [0.29, 0.717) is 6.42 Å². The van der Waals surface area contributed by atoms with Gasteiger partial charge in [0.1, 0.15) is 5.78 Å². The second-order valence-electron chi connectivity index (χ2n) is 7.28. The number of carbonyl (C=O) groups is 1. The molecule has 0 saturated carbocycles. The van der Waals surface area contributed by atoms with Crippen molar-refractivity contribution in [1.82, 2.24) is 0 Å². The fraction of sp³-hybridized carbons (Fsp3) is 0.348. The van der Waals surface area contributed by atoms with Crippen LogP contribution in [0.2, 0.25) is 19.6 Å². The van der Waals surface area contributed by atoms with Crippen molar-refractivity contribution in [1.29, 1.82) is 0 Å². The van der Waals surface area contributed by atoms with Gasteiger partial charge in [-0.15, -0.1) is 23.5 Å². The van der Waals surface area contributed by atoms with Crippen LogP contribution in [0.4, 0.5) is 0 Å². The van der Waals surface area contributed by atoms with Gasteiger partial charge < -0.3 is 4.43 Å². The Hall–Kier alpha value is -1.43. The topological polar surface area (TPSA) is 26.3 Å². The van der Waals surface area contributed by atoms with Gasteiger partial charge in [-0.05, 0) is 50.8 Å². The number of allylic oxidation sites excluding steroid dienone is 1. The first-order valence-electron chi connectivity index (χ1n) is 9.48. The molecule has 0 aliphatic heterocycles. The molecule has 0 unspecified atom stereocenters. The van der Waals surface area contributed by atoms with Gasteiger partial charge in [0, 0.05) is 34.1 Å². The monoisotopic (exact) mass is 432 g/mol. The highest BCUT2D eigenvalue weighted by Crippen LogP contribution is 2.21. The van der Waals surface area contributed by atoms with Crippen molar-refractivity contribution in [2.24, 2.45) is 0 Å². The number of Topliss-reactive ketones (excluding diaryl/α,β-unsaturated/α-hetero) is 1. The Morgan fingerprint density at radius 1 is 0.857 bits per heavy atom. The summed E-state index contributed by atoms with van der Waals surface area (Å²) in [5.74, 6) is 3.12. The summed E-state index contributed by atoms with van der Waals surface area (Å²) in [6.45, 7) is 12.2. The Labute approximate surface area is 180 Å². The molecule has 0 bridgehead atoms. The fourth-order valence-electron chi connectivity index (χ4n) is 2.11. The van der Waals surface area contributed by atoms with Gasteiger partial charge in [-0.3, -0.25) is 4.79 Å². The molecule has 152 valence electrons. The van der Waals surface area contributed by atoms with Crippen LogP contribution >= 0.6 is 23.5 Å². The molecule has 28 heavy (non-hydrogen) atoms. The normalized spacial score (nSPS) is 10.6. The summed E-state index contributed by atoms with van der Waals surface area (Å²) in [5.41, 5.74) is 0. The van der Waals surface area contributed by atoms with Gasteiger partial charge in [-0.2, -0.15) is 0 Å². The van der Waals surface area contributed by atoms with Gasteiger partial charge >= 0.3 is 0 Å². The molecular weight excluding hydrogens is 400 g/mol. The zero-order chi connectivity index (χ0) is 20.8. The first-order valence-corrected chi connectivity index (χ1v) is 14.9. The predicted molar refractivity (Wildman–Crippen MR) is 128 cm³/mol. The number of benzene rings is 2. The maximum absolute atomic E-state index is 10.6. The molecule has 0 aromatic heterocycles. The van der Waals surface area contributed by atoms with Crippen LogP contribution in [0.3, 0.4) is 0 Å². The second-order valence-corrected chi connectivity index (χ2v) is 14.0. The molecule has 2 rings (SSSR count). The van der Waals surface area contributed by atoms with E-state index in [1.54, 1.807) is 18.7 Å². The maximum Gasteiger partial charge on any atom is 0.241 e. The van der Waals surface area contributed by atoms with E-state index in [2.05, 4.69) is 62.6 Å². The van der Waals surface area contributed by atoms with Gasteiger partial charge in [0.15, 0.2) is 0 Å². The van der Waals surface area contributed by atoms with Crippen molar-refractivity contribution in [3.8, 4) is 0 Å². The molecule has 0 spiro atoms. The minimum Gasteiger partial charge on any atom is -0.548 e. The van der Waals surface area contributed by atoms with Gasteiger partial charge in [-0.25, -0.2) is 0 Å². The summed E-state index contributed by atoms with van der Waals surface area (Å²) < 4.78 is 5.81. The van der Waals surface area contributed by atoms with Crippen molar-refractivity contribution in [3.05, 3.63) is 73.0 Å². The molecule has 0 atom stereocenters. The molecule has 0 saturated heterocycles. The van der Waals surface area contributed by atoms with E-state index in [0.717, 1.165) is 23.7 Å². The first-order chi connectivity index (χ1) is 13.3. The lowest BCUT2D eigenvalue weighted by atomic mass is 10.4. The van der Waals surface area contributed by atoms with Crippen LogP contribution in [0.1, 0.15) is 19.8 Å². The van der Waals surface area contributed by atoms with Crippen molar-refractivity contribution in [3.63, 3.8) is 0 Å². The number of rotatable bonds is 10. The predicted octanol–water partition coefficient (Wildman–Crippen LogP) is 7.29. The van der Waals surface area contributed by atoms with E-state index < -0.39 is 8.32 Å². The van der Waals surface area contributed by atoms with Crippen LogP contribution in [0, 0.1) is 0 Å². The van der Waals surface area contributed by atoms with Crippen molar-refractivity contribution in [2.45, 2.75) is 49.2 Å². The highest BCUT2D eigenvalue weighted by atomic mass is 32.2. The lowest BCUT2D eigenvalue weighted by Gasteiger charge is -2.20. The largest absolute Gasteiger partial charge is 0.548 e. The smallest absolute Gasteiger partial charge is 0.241 e. The Balaban J connectivity index is 0.000000292. The zero-order valence-electron chi connectivity index (χ0n) is 17.4. The van der Waals surface area contributed by atoms with Gasteiger partial charge in [-0.1, -0.05) is 43.0 Å². The fourth-order valence-corrected chi connectivity index (χ4v) is 4.97. The van der Waals surface area contributed by atoms with Crippen LogP contribution < -0.4 is 0 Å². The molecule has 5 heteroatoms. The first kappa shape index (κ1) is 24.6. The average molecular weight is 433 g/mol. The third kappa shape index (κ3) is 13.7. The molecule has 0 heterocycles. The molecule has 0 fully saturated rings. The molecule has 2 aromatic carbocycles. The summed E-state index contributed by atoms with van der Waals surface area (Å²) in [6, 6.07) is 20.6. The van der Waals surface area contributed by atoms with Crippen LogP contribution in [0.15, 0.2) is 82.8 Å². The Kier molecular flexibility index (Phi) is 12.0. The van der Waals surface area contributed by atoms with Crippen LogP contribution in [-0.2, 0) is 9.22 Å². The lowest BCUT2D eigenvalue weighted by Crippen LogP contribution is -2.24. The lowest BCUT2D eigenvalue weighted by molar-refractivity contribution is -0.116. The number of hydrogen-bond donors (Lipinski definition) is 0. The van der Waals surface area contributed by atoms with Gasteiger partial charge in [0.05, 0.1) is 5.76 Å². The van der Waals surface area contributed by atoms with Crippen molar-refractivity contribution >= 4 is 37.6 Å². The van der Waals surface area contributed by atoms with Crippen molar-refractivity contribution in [2.75, 3.05) is 11.5 Å². The Morgan fingerprint density at radius 3 is 1.68 bits per heavy atom. The zero-order valence-corrected chi connectivity index (χ0v) is 20.1. The van der Waals surface area contributed by atoms with E-state index in [1.165, 1.54) is 9.79 Å². The second kappa shape index (κ2) is 13.7. The van der Waals surface area contributed by atoms with E-state index >= 15 is 0 Å². The number of hydrogen-bond acceptors (Lipinski definition) is 4. The maximum atomic E-state index is 10.6. The van der Waals surface area contributed by atoms with E-state index in [-0.39, 0.29) is 5.78 Å². The number of thioether (sulfide) groups is 2. The summed E-state index contributed by atoms with van der Waals surface area (Å²) >= 11 is 3.58. The standard InChI is InChI=1S/C13H20OSSi.C10H12OS/c1-12(14-16(2,3)4)10-11-15-13-8-6-5-7-9-13;1-9(11)7-8-12-10-5-3-2-4-6-10/h5-9H,1,10-11H2,2-4H3;2-6H,7-8H2,1H3. The van der Waals surface area contributed by atoms with E-state index in [4.69, 9.17) is 4.43 Å². The molecular formula is C23H32O2S2Si. The molecule has 0 N–H and O–H groups in total. The van der Waals surface area contributed by atoms with Crippen LogP contribution in [-0.4, -0.2) is 25.6 Å². The molecule has 0 aliphatic carbocycles. The number of carbonyl (C=O) groups excluding carboxylic acids is 1. The Bertz CT molecular complexity index is 698. The Morgan fingerprint density at radius 2 is 1.29 bits per heavy atom. The molecule has 2 aromatic rings. The molecule has 2 nitrogen and oxygen atoms in total. The summed E-state index contributed by atoms with van der Waals surface area (Å²) in [4.78, 5) is 13.2. The third-order valence-electron chi connectivity index (χ3n) is 3.31. The van der Waals surface area contributed by atoms with E-state index in [9.17, 15) is 4.79 Å². The molecule has 0 radical (unpaired) electrons. The minimum absolute atomic E-state index is 0.262. The van der Waals surface area contributed by atoms with Crippen molar-refractivity contribution < 1.29 is 9.22 Å². The molecule has 0 aliphatic rings. The highest BCUT2D eigenvalue weighted by molar-refractivity contribution is 7.99. The third-order valence-corrected chi connectivity index (χ3v) is 6.24. The average Bonchev–Trinajstić information content (AvgIpc) is 2.62. The minimum atomic E-state index is -1.46. The summed E-state index contributed by atoms with van der Waals surface area (Å²) in [7, 11) is -1.46. The summed E-state index contributed by atoms with van der Waals surface area (Å²) in [6.07, 6.45) is 1.60. The highest BCUT2D eigenvalue weighted by Gasteiger charge is 2.16. The SMILES string of the molecule is C=C(CCSc1ccccc1)O[Si](C)(C)C.CC(=O)CCSc1ccccc1. The molecule has 0 amide bonds. The van der Waals surface area contributed by atoms with Gasteiger partial charge in [0.25, 0.3) is 0 Å².